The second kappa shape index (κ2) is 6.63. The van der Waals surface area contributed by atoms with E-state index in [4.69, 9.17) is 0 Å². The van der Waals surface area contributed by atoms with Crippen LogP contribution in [0.3, 0.4) is 0 Å². The summed E-state index contributed by atoms with van der Waals surface area (Å²) in [5.41, 5.74) is 0. The first-order valence-corrected chi connectivity index (χ1v) is 5.65. The molecule has 92 valence electrons. The fraction of sp³-hybridized carbons (Fsp3) is 0.375. The molecule has 8 nitrogen and oxygen atoms in total. The number of aryl methyl sites for hydroxylation is 1. The Labute approximate surface area is 102 Å². The minimum Gasteiger partial charge on any atom is -0.334 e. The van der Waals surface area contributed by atoms with Crippen molar-refractivity contribution in [1.82, 2.24) is 30.8 Å². The number of imide groups is 1. The molecule has 0 atom stereocenters. The lowest BCUT2D eigenvalue weighted by Crippen LogP contribution is -2.40. The highest BCUT2D eigenvalue weighted by Gasteiger charge is 2.09. The highest BCUT2D eigenvalue weighted by Crippen LogP contribution is 2.10. The van der Waals surface area contributed by atoms with Crippen molar-refractivity contribution in [3.05, 3.63) is 12.7 Å². The normalized spacial score (nSPS) is 9.71. The van der Waals surface area contributed by atoms with Crippen LogP contribution >= 0.6 is 11.8 Å². The van der Waals surface area contributed by atoms with Gasteiger partial charge < -0.3 is 5.32 Å². The van der Waals surface area contributed by atoms with Gasteiger partial charge in [0.05, 0.1) is 5.75 Å². The molecular formula is C8H12N6O2S. The fourth-order valence-corrected chi connectivity index (χ4v) is 1.50. The number of carbonyl (C=O) groups excluding carboxylic acids is 2. The number of thioether (sulfide) groups is 1. The lowest BCUT2D eigenvalue weighted by Gasteiger charge is -2.03. The Bertz CT molecular complexity index is 418. The van der Waals surface area contributed by atoms with Gasteiger partial charge in [-0.25, -0.2) is 9.48 Å². The van der Waals surface area contributed by atoms with E-state index in [1.807, 2.05) is 0 Å². The van der Waals surface area contributed by atoms with Gasteiger partial charge in [0.2, 0.25) is 11.1 Å². The van der Waals surface area contributed by atoms with E-state index in [0.717, 1.165) is 11.8 Å². The minimum atomic E-state index is -0.549. The quantitative estimate of drug-likeness (QED) is 0.534. The highest BCUT2D eigenvalue weighted by atomic mass is 32.2. The molecule has 1 aromatic rings. The Morgan fingerprint density at radius 2 is 2.35 bits per heavy atom. The van der Waals surface area contributed by atoms with E-state index in [1.54, 1.807) is 7.05 Å². The third-order valence-electron chi connectivity index (χ3n) is 1.57. The van der Waals surface area contributed by atoms with Crippen LogP contribution in [0.15, 0.2) is 17.8 Å². The predicted molar refractivity (Wildman–Crippen MR) is 61.3 cm³/mol. The maximum absolute atomic E-state index is 11.3. The molecule has 0 radical (unpaired) electrons. The van der Waals surface area contributed by atoms with Crippen molar-refractivity contribution >= 4 is 23.7 Å². The Morgan fingerprint density at radius 3 is 2.94 bits per heavy atom. The van der Waals surface area contributed by atoms with E-state index in [9.17, 15) is 9.59 Å². The average molecular weight is 256 g/mol. The zero-order valence-corrected chi connectivity index (χ0v) is 10.0. The highest BCUT2D eigenvalue weighted by molar-refractivity contribution is 7.99. The molecular weight excluding hydrogens is 244 g/mol. The summed E-state index contributed by atoms with van der Waals surface area (Å²) in [5, 5.41) is 15.8. The van der Waals surface area contributed by atoms with Crippen molar-refractivity contribution in [1.29, 1.82) is 0 Å². The molecule has 0 aliphatic carbocycles. The number of amides is 3. The lowest BCUT2D eigenvalue weighted by atomic mass is 10.6. The van der Waals surface area contributed by atoms with Crippen molar-refractivity contribution in [3.8, 4) is 0 Å². The number of hydrogen-bond acceptors (Lipinski definition) is 6. The number of carbonyl (C=O) groups is 2. The third-order valence-corrected chi connectivity index (χ3v) is 2.58. The molecule has 0 fully saturated rings. The average Bonchev–Trinajstić information content (AvgIpc) is 2.69. The molecule has 0 aliphatic heterocycles. The van der Waals surface area contributed by atoms with Gasteiger partial charge in [-0.15, -0.1) is 11.7 Å². The summed E-state index contributed by atoms with van der Waals surface area (Å²) in [4.78, 5) is 22.4. The molecule has 1 heterocycles. The molecule has 0 aliphatic rings. The summed E-state index contributed by atoms with van der Waals surface area (Å²) in [7, 11) is 1.66. The topological polar surface area (TPSA) is 102 Å². The largest absolute Gasteiger partial charge is 0.334 e. The maximum atomic E-state index is 11.3. The van der Waals surface area contributed by atoms with E-state index >= 15 is 0 Å². The first-order chi connectivity index (χ1) is 8.13. The third kappa shape index (κ3) is 4.64. The Balaban J connectivity index is 2.28. The molecule has 1 aromatic heterocycles. The van der Waals surface area contributed by atoms with Gasteiger partial charge in [-0.3, -0.25) is 10.1 Å². The fourth-order valence-electron chi connectivity index (χ4n) is 0.845. The van der Waals surface area contributed by atoms with Crippen LogP contribution < -0.4 is 10.6 Å². The van der Waals surface area contributed by atoms with Crippen LogP contribution in [0.1, 0.15) is 0 Å². The molecule has 0 aromatic carbocycles. The van der Waals surface area contributed by atoms with Crippen molar-refractivity contribution < 1.29 is 9.59 Å². The summed E-state index contributed by atoms with van der Waals surface area (Å²) in [6.07, 6.45) is 1.52. The zero-order chi connectivity index (χ0) is 12.7. The molecule has 0 saturated heterocycles. The zero-order valence-electron chi connectivity index (χ0n) is 9.21. The monoisotopic (exact) mass is 256 g/mol. The van der Waals surface area contributed by atoms with Gasteiger partial charge in [0.15, 0.2) is 0 Å². The minimum absolute atomic E-state index is 0.0652. The number of aromatic nitrogens is 4. The van der Waals surface area contributed by atoms with E-state index in [1.165, 1.54) is 10.8 Å². The summed E-state index contributed by atoms with van der Waals surface area (Å²) in [6.45, 7) is 3.74. The van der Waals surface area contributed by atoms with Gasteiger partial charge in [0.1, 0.15) is 0 Å². The van der Waals surface area contributed by atoms with Crippen molar-refractivity contribution in [2.75, 3.05) is 12.3 Å². The summed E-state index contributed by atoms with van der Waals surface area (Å²) < 4.78 is 1.44. The number of tetrazole rings is 1. The summed E-state index contributed by atoms with van der Waals surface area (Å²) in [5.74, 6) is -0.352. The number of nitrogens with zero attached hydrogens (tertiary/aromatic N) is 4. The van der Waals surface area contributed by atoms with Gasteiger partial charge in [0, 0.05) is 13.6 Å². The van der Waals surface area contributed by atoms with Crippen LogP contribution in [0, 0.1) is 0 Å². The van der Waals surface area contributed by atoms with E-state index < -0.39 is 11.9 Å². The van der Waals surface area contributed by atoms with Gasteiger partial charge in [-0.05, 0) is 10.4 Å². The number of hydrogen-bond donors (Lipinski definition) is 2. The SMILES string of the molecule is C=CCNC(=O)NC(=O)CSc1nnnn1C. The van der Waals surface area contributed by atoms with Crippen molar-refractivity contribution in [3.63, 3.8) is 0 Å². The van der Waals surface area contributed by atoms with E-state index in [-0.39, 0.29) is 5.75 Å². The van der Waals surface area contributed by atoms with Crippen LogP contribution in [-0.4, -0.2) is 44.4 Å². The van der Waals surface area contributed by atoms with E-state index in [0.29, 0.717) is 11.7 Å². The Morgan fingerprint density at radius 1 is 1.59 bits per heavy atom. The second-order valence-corrected chi connectivity index (χ2v) is 3.86. The van der Waals surface area contributed by atoms with Gasteiger partial charge >= 0.3 is 6.03 Å². The molecule has 2 N–H and O–H groups in total. The summed E-state index contributed by atoms with van der Waals surface area (Å²) in [6, 6.07) is -0.549. The van der Waals surface area contributed by atoms with Crippen LogP contribution in [-0.2, 0) is 11.8 Å². The van der Waals surface area contributed by atoms with Crippen LogP contribution in [0.25, 0.3) is 0 Å². The summed E-state index contributed by atoms with van der Waals surface area (Å²) >= 11 is 1.14. The number of nitrogens with one attached hydrogen (secondary N) is 2. The molecule has 0 spiro atoms. The van der Waals surface area contributed by atoms with Gasteiger partial charge in [-0.2, -0.15) is 0 Å². The van der Waals surface area contributed by atoms with Crippen LogP contribution in [0.2, 0.25) is 0 Å². The Kier molecular flexibility index (Phi) is 5.14. The number of urea groups is 1. The van der Waals surface area contributed by atoms with Crippen LogP contribution in [0.5, 0.6) is 0 Å². The number of rotatable bonds is 5. The molecule has 3 amide bonds. The Hall–Kier alpha value is -1.90. The molecule has 0 unspecified atom stereocenters. The molecule has 0 bridgehead atoms. The van der Waals surface area contributed by atoms with Gasteiger partial charge in [0.25, 0.3) is 0 Å². The molecule has 0 saturated carbocycles. The first kappa shape index (κ1) is 13.2. The molecule has 17 heavy (non-hydrogen) atoms. The van der Waals surface area contributed by atoms with Crippen molar-refractivity contribution in [2.24, 2.45) is 7.05 Å². The van der Waals surface area contributed by atoms with E-state index in [2.05, 4.69) is 32.7 Å². The van der Waals surface area contributed by atoms with Gasteiger partial charge in [-0.1, -0.05) is 17.8 Å². The standard InChI is InChI=1S/C8H12N6O2S/c1-3-4-9-7(16)10-6(15)5-17-8-11-12-13-14(8)2/h3H,1,4-5H2,2H3,(H2,9,10,15,16). The second-order valence-electron chi connectivity index (χ2n) is 2.92. The predicted octanol–water partition coefficient (Wildman–Crippen LogP) is -0.686. The van der Waals surface area contributed by atoms with Crippen molar-refractivity contribution in [2.45, 2.75) is 5.16 Å². The smallest absolute Gasteiger partial charge is 0.321 e. The molecule has 9 heteroatoms. The lowest BCUT2D eigenvalue weighted by molar-refractivity contribution is -0.117. The van der Waals surface area contributed by atoms with Crippen LogP contribution in [0.4, 0.5) is 4.79 Å². The maximum Gasteiger partial charge on any atom is 0.321 e. The first-order valence-electron chi connectivity index (χ1n) is 4.67. The molecule has 1 rings (SSSR count).